The van der Waals surface area contributed by atoms with Crippen molar-refractivity contribution >= 4 is 5.91 Å². The van der Waals surface area contributed by atoms with Gasteiger partial charge in [0.1, 0.15) is 0 Å². The molecule has 0 aliphatic carbocycles. The van der Waals surface area contributed by atoms with E-state index in [1.54, 1.807) is 4.90 Å². The summed E-state index contributed by atoms with van der Waals surface area (Å²) < 4.78 is 0. The van der Waals surface area contributed by atoms with E-state index in [9.17, 15) is 9.90 Å². The van der Waals surface area contributed by atoms with Crippen LogP contribution in [0.1, 0.15) is 33.1 Å². The van der Waals surface area contributed by atoms with E-state index in [1.165, 1.54) is 0 Å². The molecule has 1 amide bonds. The Kier molecular flexibility index (Phi) is 6.75. The van der Waals surface area contributed by atoms with Crippen LogP contribution in [0.5, 0.6) is 0 Å². The van der Waals surface area contributed by atoms with Crippen LogP contribution < -0.4 is 5.73 Å². The minimum atomic E-state index is -0.439. The largest absolute Gasteiger partial charge is 0.395 e. The van der Waals surface area contributed by atoms with Crippen LogP contribution >= 0.6 is 0 Å². The van der Waals surface area contributed by atoms with Gasteiger partial charge < -0.3 is 20.6 Å². The molecule has 0 saturated carbocycles. The fourth-order valence-corrected chi connectivity index (χ4v) is 2.71. The Morgan fingerprint density at radius 3 is 2.47 bits per heavy atom. The molecule has 0 spiro atoms. The number of carbonyl (C=O) groups is 1. The second-order valence-electron chi connectivity index (χ2n) is 6.03. The highest BCUT2D eigenvalue weighted by Crippen LogP contribution is 2.17. The van der Waals surface area contributed by atoms with Crippen molar-refractivity contribution in [1.29, 1.82) is 0 Å². The zero-order chi connectivity index (χ0) is 14.4. The summed E-state index contributed by atoms with van der Waals surface area (Å²) in [6.45, 7) is 6.54. The average Bonchev–Trinajstić information content (AvgIpc) is 2.35. The summed E-state index contributed by atoms with van der Waals surface area (Å²) in [5.74, 6) is 0.407. The third-order valence-electron chi connectivity index (χ3n) is 3.80. The SMILES string of the molecule is CC(C)CC(N)C(=O)N(CCO)C1CCN(C)CC1. The first-order valence-corrected chi connectivity index (χ1v) is 7.31. The van der Waals surface area contributed by atoms with Crippen LogP contribution in [-0.4, -0.2) is 66.2 Å². The van der Waals surface area contributed by atoms with E-state index >= 15 is 0 Å². The van der Waals surface area contributed by atoms with Crippen LogP contribution in [0, 0.1) is 5.92 Å². The monoisotopic (exact) mass is 271 g/mol. The first-order chi connectivity index (χ1) is 8.95. The van der Waals surface area contributed by atoms with E-state index in [2.05, 4.69) is 25.8 Å². The van der Waals surface area contributed by atoms with E-state index in [0.717, 1.165) is 25.9 Å². The summed E-state index contributed by atoms with van der Waals surface area (Å²) in [6.07, 6.45) is 2.64. The minimum Gasteiger partial charge on any atom is -0.395 e. The number of nitrogens with two attached hydrogens (primary N) is 1. The fourth-order valence-electron chi connectivity index (χ4n) is 2.71. The molecule has 0 aromatic carbocycles. The first-order valence-electron chi connectivity index (χ1n) is 7.31. The molecule has 1 heterocycles. The van der Waals surface area contributed by atoms with Crippen molar-refractivity contribution in [2.75, 3.05) is 33.3 Å². The van der Waals surface area contributed by atoms with Gasteiger partial charge in [-0.1, -0.05) is 13.8 Å². The number of carbonyl (C=O) groups excluding carboxylic acids is 1. The van der Waals surface area contributed by atoms with Crippen LogP contribution in [0.4, 0.5) is 0 Å². The highest BCUT2D eigenvalue weighted by Gasteiger charge is 2.29. The normalized spacial score (nSPS) is 19.7. The number of hydrogen-bond acceptors (Lipinski definition) is 4. The topological polar surface area (TPSA) is 69.8 Å². The standard InChI is InChI=1S/C14H29N3O2/c1-11(2)10-13(15)14(19)17(8-9-18)12-4-6-16(3)7-5-12/h11-13,18H,4-10,15H2,1-3H3. The molecular weight excluding hydrogens is 242 g/mol. The average molecular weight is 271 g/mol. The Bertz CT molecular complexity index is 276. The van der Waals surface area contributed by atoms with Crippen molar-refractivity contribution < 1.29 is 9.90 Å². The van der Waals surface area contributed by atoms with Gasteiger partial charge in [0.25, 0.3) is 0 Å². The van der Waals surface area contributed by atoms with Gasteiger partial charge in [0, 0.05) is 12.6 Å². The summed E-state index contributed by atoms with van der Waals surface area (Å²) in [6, 6.07) is -0.208. The maximum Gasteiger partial charge on any atom is 0.239 e. The Morgan fingerprint density at radius 2 is 2.00 bits per heavy atom. The number of rotatable bonds is 6. The van der Waals surface area contributed by atoms with Crippen LogP contribution in [0.25, 0.3) is 0 Å². The molecule has 5 nitrogen and oxygen atoms in total. The Morgan fingerprint density at radius 1 is 1.42 bits per heavy atom. The fraction of sp³-hybridized carbons (Fsp3) is 0.929. The predicted molar refractivity (Wildman–Crippen MR) is 76.7 cm³/mol. The van der Waals surface area contributed by atoms with E-state index < -0.39 is 6.04 Å². The predicted octanol–water partition coefficient (Wildman–Crippen LogP) is 0.275. The zero-order valence-electron chi connectivity index (χ0n) is 12.5. The summed E-state index contributed by atoms with van der Waals surface area (Å²) in [4.78, 5) is 16.5. The summed E-state index contributed by atoms with van der Waals surface area (Å²) in [7, 11) is 2.10. The lowest BCUT2D eigenvalue weighted by Crippen LogP contribution is -2.53. The molecule has 3 N–H and O–H groups in total. The quantitative estimate of drug-likeness (QED) is 0.728. The number of piperidine rings is 1. The van der Waals surface area contributed by atoms with Gasteiger partial charge in [-0.15, -0.1) is 0 Å². The van der Waals surface area contributed by atoms with Crippen molar-refractivity contribution in [3.63, 3.8) is 0 Å². The summed E-state index contributed by atoms with van der Waals surface area (Å²) in [5.41, 5.74) is 6.00. The van der Waals surface area contributed by atoms with Gasteiger partial charge in [-0.25, -0.2) is 0 Å². The van der Waals surface area contributed by atoms with Gasteiger partial charge >= 0.3 is 0 Å². The van der Waals surface area contributed by atoms with Gasteiger partial charge in [0.15, 0.2) is 0 Å². The number of aliphatic hydroxyl groups excluding tert-OH is 1. The Balaban J connectivity index is 2.62. The second-order valence-corrected chi connectivity index (χ2v) is 6.03. The maximum absolute atomic E-state index is 12.4. The van der Waals surface area contributed by atoms with Crippen molar-refractivity contribution in [3.8, 4) is 0 Å². The number of nitrogens with zero attached hydrogens (tertiary/aromatic N) is 2. The smallest absolute Gasteiger partial charge is 0.239 e. The molecule has 0 radical (unpaired) electrons. The Labute approximate surface area is 116 Å². The molecule has 19 heavy (non-hydrogen) atoms. The molecule has 1 atom stereocenters. The highest BCUT2D eigenvalue weighted by molar-refractivity contribution is 5.82. The lowest BCUT2D eigenvalue weighted by molar-refractivity contribution is -0.136. The number of likely N-dealkylation sites (tertiary alicyclic amines) is 1. The van der Waals surface area contributed by atoms with Gasteiger partial charge in [-0.2, -0.15) is 0 Å². The van der Waals surface area contributed by atoms with E-state index in [-0.39, 0.29) is 18.6 Å². The molecule has 1 aliphatic rings. The maximum atomic E-state index is 12.4. The first kappa shape index (κ1) is 16.4. The van der Waals surface area contributed by atoms with Gasteiger partial charge in [-0.05, 0) is 45.3 Å². The van der Waals surface area contributed by atoms with E-state index in [0.29, 0.717) is 18.9 Å². The molecule has 1 saturated heterocycles. The van der Waals surface area contributed by atoms with E-state index in [4.69, 9.17) is 5.73 Å². The van der Waals surface area contributed by atoms with Crippen molar-refractivity contribution in [2.24, 2.45) is 11.7 Å². The van der Waals surface area contributed by atoms with Gasteiger partial charge in [0.05, 0.1) is 12.6 Å². The molecule has 1 fully saturated rings. The third kappa shape index (κ3) is 5.09. The number of aliphatic hydroxyl groups is 1. The molecule has 1 rings (SSSR count). The molecule has 0 aromatic rings. The minimum absolute atomic E-state index is 0.00250. The summed E-state index contributed by atoms with van der Waals surface area (Å²) >= 11 is 0. The highest BCUT2D eigenvalue weighted by atomic mass is 16.3. The molecule has 1 unspecified atom stereocenters. The Hall–Kier alpha value is -0.650. The van der Waals surface area contributed by atoms with Crippen LogP contribution in [0.3, 0.4) is 0 Å². The molecule has 0 bridgehead atoms. The molecule has 112 valence electrons. The lowest BCUT2D eigenvalue weighted by Gasteiger charge is -2.38. The number of hydrogen-bond donors (Lipinski definition) is 2. The molecule has 5 heteroatoms. The van der Waals surface area contributed by atoms with Gasteiger partial charge in [-0.3, -0.25) is 4.79 Å². The van der Waals surface area contributed by atoms with Crippen LogP contribution in [-0.2, 0) is 4.79 Å². The second kappa shape index (κ2) is 7.82. The van der Waals surface area contributed by atoms with Crippen LogP contribution in [0.2, 0.25) is 0 Å². The zero-order valence-corrected chi connectivity index (χ0v) is 12.5. The van der Waals surface area contributed by atoms with Gasteiger partial charge in [0.2, 0.25) is 5.91 Å². The van der Waals surface area contributed by atoms with Crippen molar-refractivity contribution in [1.82, 2.24) is 9.80 Å². The van der Waals surface area contributed by atoms with Crippen molar-refractivity contribution in [3.05, 3.63) is 0 Å². The number of amides is 1. The van der Waals surface area contributed by atoms with Crippen molar-refractivity contribution in [2.45, 2.75) is 45.2 Å². The molecular formula is C14H29N3O2. The van der Waals surface area contributed by atoms with Crippen LogP contribution in [0.15, 0.2) is 0 Å². The third-order valence-corrected chi connectivity index (χ3v) is 3.80. The van der Waals surface area contributed by atoms with E-state index in [1.807, 2.05) is 0 Å². The molecule has 1 aliphatic heterocycles. The molecule has 0 aromatic heterocycles. The summed E-state index contributed by atoms with van der Waals surface area (Å²) in [5, 5.41) is 9.19. The lowest BCUT2D eigenvalue weighted by atomic mass is 9.99.